The quantitative estimate of drug-likeness (QED) is 0.0112. The van der Waals surface area contributed by atoms with E-state index in [-0.39, 0.29) is 61.9 Å². The number of aliphatic carboxylic acids is 3. The Balaban J connectivity index is -0.000000507. The summed E-state index contributed by atoms with van der Waals surface area (Å²) in [5, 5.41) is 61.2. The zero-order valence-corrected chi connectivity index (χ0v) is 56.3. The first-order chi connectivity index (χ1) is 42.6. The second-order valence-corrected chi connectivity index (χ2v) is 24.4. The molecule has 3 rings (SSSR count). The number of carboxylic acids is 3. The largest absolute Gasteiger partial charge is 0.480 e. The predicted molar refractivity (Wildman–Crippen MR) is 364 cm³/mol. The summed E-state index contributed by atoms with van der Waals surface area (Å²) in [6, 6.07) is 5.21. The van der Waals surface area contributed by atoms with Crippen LogP contribution in [0.3, 0.4) is 0 Å². The summed E-state index contributed by atoms with van der Waals surface area (Å²) in [7, 11) is -11.5. The van der Waals surface area contributed by atoms with Crippen molar-refractivity contribution in [3.05, 3.63) is 62.5 Å². The highest BCUT2D eigenvalue weighted by atomic mass is 35.5. The number of fused-ring (bicyclic) bond motifs is 1. The number of pyridine rings is 1. The monoisotopic (exact) mass is 1470 g/mol. The fraction of sp³-hybridized carbons (Fsp3) is 0.583. The van der Waals surface area contributed by atoms with Gasteiger partial charge in [0.15, 0.2) is 0 Å². The van der Waals surface area contributed by atoms with E-state index < -0.39 is 95.1 Å². The maximum atomic E-state index is 11.2. The van der Waals surface area contributed by atoms with Crippen LogP contribution in [0.2, 0.25) is 5.02 Å². The Morgan fingerprint density at radius 2 is 1.20 bits per heavy atom. The molecule has 0 radical (unpaired) electrons. The number of halogens is 3. The van der Waals surface area contributed by atoms with Gasteiger partial charge in [-0.2, -0.15) is 8.42 Å². The fourth-order valence-corrected chi connectivity index (χ4v) is 9.23. The molecular formula is C48H89Cl3N18O18S5. The number of carbonyl (C=O) groups excluding carboxylic acids is 2. The van der Waals surface area contributed by atoms with Gasteiger partial charge < -0.3 is 90.5 Å². The van der Waals surface area contributed by atoms with Gasteiger partial charge in [0.2, 0.25) is 31.9 Å². The van der Waals surface area contributed by atoms with Gasteiger partial charge in [0.25, 0.3) is 5.56 Å². The number of alkyl halides is 2. The number of nitrogens with one attached hydrogen (secondary N) is 14. The average Bonchev–Trinajstić information content (AvgIpc) is 1.49. The molecule has 3 unspecified atom stereocenters. The van der Waals surface area contributed by atoms with Crippen molar-refractivity contribution in [2.45, 2.75) is 51.7 Å². The van der Waals surface area contributed by atoms with Gasteiger partial charge in [0.1, 0.15) is 34.8 Å². The van der Waals surface area contributed by atoms with Crippen LogP contribution in [-0.4, -0.2) is 252 Å². The number of aromatic amines is 2. The number of sulfonamides is 2. The SMILES string of the molecule is C.CCCC(NC(=O)CNC(=O)CN)C(=O)O.CS(=O)(=O)NC(CCl)C(CCl)NS(C)(=O)=O.NCCNCCNCCNCCN.O=C(O)CNC(=S)C(=S)NCC(=O)O.O=c1[nH]cc(NS(=O)(=O)O)c(=O)[nH]1.OCCNCCCNc1ccnc2cc(Cl)ccc12. The minimum atomic E-state index is -4.50. The van der Waals surface area contributed by atoms with E-state index in [1.54, 1.807) is 11.2 Å². The number of rotatable bonds is 37. The predicted octanol–water partition coefficient (Wildman–Crippen LogP) is -4.42. The molecule has 2 amide bonds. The lowest BCUT2D eigenvalue weighted by Crippen LogP contribution is -2.53. The number of hydrogen-bond acceptors (Lipinski definition) is 25. The van der Waals surface area contributed by atoms with Crippen LogP contribution < -0.4 is 90.5 Å². The summed E-state index contributed by atoms with van der Waals surface area (Å²) in [6.45, 7) is 10.4. The Kier molecular flexibility index (Phi) is 55.1. The molecule has 25 N–H and O–H groups in total. The molecule has 0 saturated carbocycles. The number of H-pyrrole nitrogens is 2. The van der Waals surface area contributed by atoms with Crippen molar-refractivity contribution in [1.82, 2.24) is 66.9 Å². The molecule has 2 aromatic heterocycles. The number of nitrogens with zero attached hydrogens (tertiary/aromatic N) is 1. The van der Waals surface area contributed by atoms with Gasteiger partial charge in [-0.15, -0.1) is 23.2 Å². The van der Waals surface area contributed by atoms with Crippen LogP contribution in [0.5, 0.6) is 0 Å². The summed E-state index contributed by atoms with van der Waals surface area (Å²) in [5.41, 5.74) is 15.4. The van der Waals surface area contributed by atoms with Crippen LogP contribution in [0.1, 0.15) is 33.6 Å². The summed E-state index contributed by atoms with van der Waals surface area (Å²) in [5.74, 6) is -4.41. The highest BCUT2D eigenvalue weighted by molar-refractivity contribution is 7.89. The van der Waals surface area contributed by atoms with E-state index in [4.69, 9.17) is 77.0 Å². The molecule has 1 aromatic carbocycles. The first-order valence-electron chi connectivity index (χ1n) is 26.9. The van der Waals surface area contributed by atoms with Crippen LogP contribution in [0.15, 0.2) is 46.2 Å². The molecule has 44 heteroatoms. The highest BCUT2D eigenvalue weighted by Gasteiger charge is 2.26. The number of aromatic nitrogens is 3. The zero-order chi connectivity index (χ0) is 70.0. The Labute approximate surface area is 559 Å². The van der Waals surface area contributed by atoms with Gasteiger partial charge >= 0.3 is 33.9 Å². The van der Waals surface area contributed by atoms with E-state index in [1.165, 1.54) is 4.72 Å². The number of aliphatic hydroxyl groups excluding tert-OH is 1. The van der Waals surface area contributed by atoms with Crippen molar-refractivity contribution in [3.8, 4) is 0 Å². The van der Waals surface area contributed by atoms with Crippen molar-refractivity contribution in [3.63, 3.8) is 0 Å². The molecule has 0 saturated heterocycles. The molecule has 3 aromatic rings. The van der Waals surface area contributed by atoms with Crippen molar-refractivity contribution in [2.24, 2.45) is 17.2 Å². The zero-order valence-electron chi connectivity index (χ0n) is 49.9. The fourth-order valence-electron chi connectivity index (χ4n) is 5.98. The molecule has 0 aliphatic heterocycles. The molecule has 0 aliphatic rings. The van der Waals surface area contributed by atoms with E-state index in [0.29, 0.717) is 37.5 Å². The number of hydrogen-bond donors (Lipinski definition) is 22. The van der Waals surface area contributed by atoms with Crippen LogP contribution in [0.4, 0.5) is 11.4 Å². The first-order valence-corrected chi connectivity index (χ1v) is 34.4. The molecule has 3 atom stereocenters. The average molecular weight is 1470 g/mol. The van der Waals surface area contributed by atoms with E-state index in [2.05, 4.69) is 86.7 Å². The molecular weight excluding hydrogens is 1380 g/mol. The highest BCUT2D eigenvalue weighted by Crippen LogP contribution is 2.24. The van der Waals surface area contributed by atoms with Crippen molar-refractivity contribution < 1.29 is 74.2 Å². The Bertz CT molecular complexity index is 3030. The maximum absolute atomic E-state index is 11.2. The molecule has 0 aliphatic carbocycles. The van der Waals surface area contributed by atoms with Gasteiger partial charge in [-0.3, -0.25) is 43.2 Å². The molecule has 36 nitrogen and oxygen atoms in total. The Morgan fingerprint density at radius 3 is 1.61 bits per heavy atom. The van der Waals surface area contributed by atoms with Crippen LogP contribution >= 0.6 is 59.2 Å². The third kappa shape index (κ3) is 54.8. The third-order valence-corrected chi connectivity index (χ3v) is 13.6. The summed E-state index contributed by atoms with van der Waals surface area (Å²) < 4.78 is 78.6. The summed E-state index contributed by atoms with van der Waals surface area (Å²) >= 11 is 26.4. The number of aliphatic hydroxyl groups is 1. The van der Waals surface area contributed by atoms with Crippen molar-refractivity contribution in [1.29, 1.82) is 0 Å². The molecule has 530 valence electrons. The lowest BCUT2D eigenvalue weighted by Gasteiger charge is -2.23. The number of anilines is 2. The summed E-state index contributed by atoms with van der Waals surface area (Å²) in [4.78, 5) is 82.2. The Hall–Kier alpha value is -5.68. The second kappa shape index (κ2) is 54.7. The van der Waals surface area contributed by atoms with Gasteiger partial charge in [-0.05, 0) is 43.7 Å². The van der Waals surface area contributed by atoms with E-state index >= 15 is 0 Å². The van der Waals surface area contributed by atoms with E-state index in [9.17, 15) is 58.8 Å². The topological polar surface area (TPSA) is 590 Å². The number of carbonyl (C=O) groups is 5. The second-order valence-electron chi connectivity index (χ2n) is 17.8. The number of benzene rings is 1. The third-order valence-electron chi connectivity index (χ3n) is 9.89. The Morgan fingerprint density at radius 1 is 0.696 bits per heavy atom. The molecule has 0 spiro atoms. The van der Waals surface area contributed by atoms with Gasteiger partial charge in [-0.25, -0.2) is 35.9 Å². The van der Waals surface area contributed by atoms with Crippen LogP contribution in [0, 0.1) is 0 Å². The normalized spacial score (nSPS) is 11.6. The van der Waals surface area contributed by atoms with Gasteiger partial charge in [0.05, 0.1) is 49.8 Å². The minimum Gasteiger partial charge on any atom is -0.480 e. The van der Waals surface area contributed by atoms with Gasteiger partial charge in [-0.1, -0.05) is 56.8 Å². The molecule has 2 heterocycles. The number of amides is 2. The van der Waals surface area contributed by atoms with Crippen LogP contribution in [-0.2, 0) is 54.3 Å². The number of nitrogens with two attached hydrogens (primary N) is 3. The van der Waals surface area contributed by atoms with Crippen molar-refractivity contribution in [2.75, 3.05) is 139 Å². The van der Waals surface area contributed by atoms with E-state index in [0.717, 1.165) is 94.1 Å². The lowest BCUT2D eigenvalue weighted by atomic mass is 10.1. The summed E-state index contributed by atoms with van der Waals surface area (Å²) in [6.07, 6.45) is 6.52. The minimum absolute atomic E-state index is 0. The number of carboxylic acid groups (broad SMARTS) is 3. The molecule has 92 heavy (non-hydrogen) atoms. The smallest absolute Gasteiger partial charge is 0.357 e. The maximum Gasteiger partial charge on any atom is 0.357 e. The molecule has 0 fully saturated rings. The number of thiocarbonyl (C=S) groups is 2. The van der Waals surface area contributed by atoms with Crippen LogP contribution in [0.25, 0.3) is 10.9 Å². The van der Waals surface area contributed by atoms with E-state index in [1.807, 2.05) is 36.2 Å². The van der Waals surface area contributed by atoms with Gasteiger partial charge in [0, 0.05) is 106 Å². The lowest BCUT2D eigenvalue weighted by molar-refractivity contribution is -0.142. The standard InChI is InChI=1S/C14H18ClN3O.C9H17N3O4.C8H23N5.C6H14Cl2N2O4S2.C6H8N2O4S2.C4H5N3O5S.CH4/c15-11-2-3-12-13(4-7-18-14(12)10-11)17-6-1-5-16-8-9-19;1-2-3-6(9(15)16)12-8(14)5-11-7(13)4-10;9-1-3-11-5-7-13-8-6-12-4-2-10;1-15(11,12)9-5(3-7)6(4-8)10-16(2,13)14;9-3(10)1-7-5(13)6(14)8-2-4(11)12;8-3-2(7-13(10,11)12)1-5-4(9)6-3;/h2-4,7,10,16,19H,1,5-6,8-9H2,(H,17,18);6H,2-5,10H2,1H3,(H,11,13)(H,12,14)(H,15,16);11-13H,1-10H2;5-6,9-10H,3-4H2,1-2H3;1-2H2,(H,7,13)(H,8,14)(H,9,10)(H,11,12);1,7H,(H,10,11,12)(H2,5,6,8,9);1H4. The van der Waals surface area contributed by atoms with Crippen molar-refractivity contribution >= 4 is 152 Å². The first kappa shape index (κ1) is 92.7. The molecule has 0 bridgehead atoms.